The van der Waals surface area contributed by atoms with Gasteiger partial charge < -0.3 is 33.5 Å². The topological polar surface area (TPSA) is 78.9 Å². The first-order chi connectivity index (χ1) is 22.3. The highest BCUT2D eigenvalue weighted by molar-refractivity contribution is 5.33. The minimum atomic E-state index is -0.967. The second kappa shape index (κ2) is 11.3. The van der Waals surface area contributed by atoms with Crippen molar-refractivity contribution in [1.82, 2.24) is 4.90 Å². The van der Waals surface area contributed by atoms with Gasteiger partial charge in [-0.3, -0.25) is 4.90 Å². The van der Waals surface area contributed by atoms with Crippen LogP contribution in [0, 0.1) is 57.2 Å². The van der Waals surface area contributed by atoms with Gasteiger partial charge >= 0.3 is 0 Å². The van der Waals surface area contributed by atoms with Crippen molar-refractivity contribution in [2.24, 2.45) is 57.2 Å². The van der Waals surface area contributed by atoms with Crippen LogP contribution in [0.25, 0.3) is 0 Å². The largest absolute Gasteiger partial charge is 0.388 e. The third-order valence-electron chi connectivity index (χ3n) is 16.6. The van der Waals surface area contributed by atoms with E-state index < -0.39 is 5.60 Å². The fourth-order valence-electron chi connectivity index (χ4n) is 14.9. The van der Waals surface area contributed by atoms with Gasteiger partial charge in [0, 0.05) is 20.8 Å². The lowest BCUT2D eigenvalue weighted by atomic mass is 9.45. The molecular formula is C39H65NO7. The molecule has 3 heterocycles. The molecule has 1 N–H and O–H groups in total. The molecule has 0 aromatic rings. The number of rotatable bonds is 7. The van der Waals surface area contributed by atoms with Gasteiger partial charge in [0.25, 0.3) is 0 Å². The van der Waals surface area contributed by atoms with Crippen LogP contribution in [0.1, 0.15) is 93.4 Å². The molecule has 8 aliphatic rings. The van der Waals surface area contributed by atoms with Crippen molar-refractivity contribution in [3.63, 3.8) is 0 Å². The van der Waals surface area contributed by atoms with Crippen molar-refractivity contribution in [1.29, 1.82) is 0 Å². The monoisotopic (exact) mass is 659 g/mol. The van der Waals surface area contributed by atoms with Crippen molar-refractivity contribution in [3.05, 3.63) is 0 Å². The molecule has 2 spiro atoms. The molecule has 5 aliphatic carbocycles. The number of nitrogens with zero attached hydrogens (tertiary/aromatic N) is 1. The first kappa shape index (κ1) is 33.8. The average molecular weight is 660 g/mol. The van der Waals surface area contributed by atoms with E-state index in [0.717, 1.165) is 51.7 Å². The highest BCUT2D eigenvalue weighted by Gasteiger charge is 2.85. The molecule has 8 fully saturated rings. The fourth-order valence-corrected chi connectivity index (χ4v) is 14.9. The van der Waals surface area contributed by atoms with Crippen molar-refractivity contribution in [2.75, 3.05) is 47.1 Å². The van der Waals surface area contributed by atoms with Gasteiger partial charge in [0.2, 0.25) is 0 Å². The first-order valence-corrected chi connectivity index (χ1v) is 19.3. The molecule has 4 unspecified atom stereocenters. The molecular weight excluding hydrogens is 594 g/mol. The van der Waals surface area contributed by atoms with Gasteiger partial charge in [-0.25, -0.2) is 0 Å². The van der Waals surface area contributed by atoms with Gasteiger partial charge in [0.15, 0.2) is 6.29 Å². The predicted molar refractivity (Wildman–Crippen MR) is 179 cm³/mol. The third-order valence-corrected chi connectivity index (χ3v) is 16.6. The molecule has 8 heteroatoms. The maximum atomic E-state index is 11.0. The van der Waals surface area contributed by atoms with Crippen LogP contribution in [0.4, 0.5) is 0 Å². The average Bonchev–Trinajstić information content (AvgIpc) is 3.38. The second-order valence-corrected chi connectivity index (χ2v) is 18.9. The van der Waals surface area contributed by atoms with Crippen LogP contribution < -0.4 is 0 Å². The van der Waals surface area contributed by atoms with E-state index in [9.17, 15) is 5.11 Å². The van der Waals surface area contributed by atoms with Crippen LogP contribution in [-0.2, 0) is 28.4 Å². The molecule has 3 aliphatic heterocycles. The van der Waals surface area contributed by atoms with E-state index in [0.29, 0.717) is 46.5 Å². The van der Waals surface area contributed by atoms with Gasteiger partial charge in [-0.05, 0) is 116 Å². The summed E-state index contributed by atoms with van der Waals surface area (Å²) in [7, 11) is 3.65. The van der Waals surface area contributed by atoms with Crippen LogP contribution in [-0.4, -0.2) is 106 Å². The molecule has 268 valence electrons. The third kappa shape index (κ3) is 4.53. The summed E-state index contributed by atoms with van der Waals surface area (Å²) in [5, 5.41) is 11.0. The van der Waals surface area contributed by atoms with E-state index in [2.05, 4.69) is 39.5 Å². The summed E-state index contributed by atoms with van der Waals surface area (Å²) >= 11 is 0. The highest BCUT2D eigenvalue weighted by atomic mass is 16.7. The number of hydrogen-bond donors (Lipinski definition) is 1. The molecule has 0 amide bonds. The van der Waals surface area contributed by atoms with Crippen LogP contribution >= 0.6 is 0 Å². The Morgan fingerprint density at radius 1 is 0.957 bits per heavy atom. The molecule has 0 bridgehead atoms. The summed E-state index contributed by atoms with van der Waals surface area (Å²) in [5.41, 5.74) is 0.122. The van der Waals surface area contributed by atoms with E-state index in [1.54, 1.807) is 7.11 Å². The van der Waals surface area contributed by atoms with Crippen LogP contribution in [0.5, 0.6) is 0 Å². The van der Waals surface area contributed by atoms with Gasteiger partial charge in [0.1, 0.15) is 6.10 Å². The zero-order chi connectivity index (χ0) is 33.3. The van der Waals surface area contributed by atoms with Gasteiger partial charge in [-0.2, -0.15) is 0 Å². The summed E-state index contributed by atoms with van der Waals surface area (Å²) in [5.74, 6) is 3.52. The SMILES string of the molecule is CO[C@@H]1C2[C@@H]3CCC4C(C)(C)[C@@H](OC5CN(C6COC6)CCO5)CCC45[C@@H](C)[C@@]35CC[C@]2(C)[C@@H]2[C@@H]1O[C@@H]([C@H](OC)C(C)(C)O)C[C@H]2C. The van der Waals surface area contributed by atoms with Crippen molar-refractivity contribution >= 4 is 0 Å². The zero-order valence-electron chi connectivity index (χ0n) is 30.8. The summed E-state index contributed by atoms with van der Waals surface area (Å²) in [6, 6.07) is 0.532. The van der Waals surface area contributed by atoms with Gasteiger partial charge in [0.05, 0.1) is 62.4 Å². The Balaban J connectivity index is 1.04. The number of hydrogen-bond acceptors (Lipinski definition) is 8. The lowest BCUT2D eigenvalue weighted by Crippen LogP contribution is -2.58. The minimum absolute atomic E-state index is 0.0452. The first-order valence-electron chi connectivity index (χ1n) is 19.3. The summed E-state index contributed by atoms with van der Waals surface area (Å²) < 4.78 is 38.3. The Hall–Kier alpha value is -0.320. The van der Waals surface area contributed by atoms with Crippen molar-refractivity contribution in [2.45, 2.75) is 142 Å². The van der Waals surface area contributed by atoms with E-state index in [1.165, 1.54) is 32.1 Å². The Kier molecular flexibility index (Phi) is 8.15. The Bertz CT molecular complexity index is 1190. The fraction of sp³-hybridized carbons (Fsp3) is 1.00. The van der Waals surface area contributed by atoms with E-state index in [-0.39, 0.29) is 47.6 Å². The minimum Gasteiger partial charge on any atom is -0.388 e. The molecule has 5 saturated carbocycles. The Morgan fingerprint density at radius 3 is 2.38 bits per heavy atom. The molecule has 0 radical (unpaired) electrons. The highest BCUT2D eigenvalue weighted by Crippen LogP contribution is 2.90. The van der Waals surface area contributed by atoms with Crippen molar-refractivity contribution < 1.29 is 33.5 Å². The molecule has 8 nitrogen and oxygen atoms in total. The molecule has 0 aromatic heterocycles. The zero-order valence-corrected chi connectivity index (χ0v) is 30.8. The van der Waals surface area contributed by atoms with E-state index in [4.69, 9.17) is 28.4 Å². The van der Waals surface area contributed by atoms with Crippen LogP contribution in [0.3, 0.4) is 0 Å². The molecule has 15 atom stereocenters. The number of ether oxygens (including phenoxy) is 6. The second-order valence-electron chi connectivity index (χ2n) is 18.9. The standard InChI is InChI=1S/C39H65NO7/c1-22-18-26(34(43-9)36(5,6)41)46-33-30(22)37(7)14-15-38-23(2)39(38)13-12-28(47-29-19-40(16-17-45-29)24-20-44-21-24)35(3,4)27(39)11-10-25(38)31(37)32(33)42-8/h22-34,41H,10-21H2,1-9H3/t22-,23+,25+,26-,27?,28+,29?,30+,31?,32-,33+,34+,37-,38+,39?/m1/s1. The Labute approximate surface area is 284 Å². The number of morpholine rings is 1. The van der Waals surface area contributed by atoms with Crippen LogP contribution in [0.15, 0.2) is 0 Å². The quantitative estimate of drug-likeness (QED) is 0.382. The molecule has 0 aromatic carbocycles. The normalized spacial score (nSPS) is 53.1. The van der Waals surface area contributed by atoms with Crippen LogP contribution in [0.2, 0.25) is 0 Å². The molecule has 8 rings (SSSR count). The van der Waals surface area contributed by atoms with E-state index >= 15 is 0 Å². The lowest BCUT2D eigenvalue weighted by molar-refractivity contribution is -0.254. The number of methoxy groups -OCH3 is 2. The number of aliphatic hydroxyl groups is 1. The summed E-state index contributed by atoms with van der Waals surface area (Å²) in [6.07, 6.45) is 8.23. The number of fused-ring (bicyclic) bond motifs is 4. The maximum absolute atomic E-state index is 11.0. The summed E-state index contributed by atoms with van der Waals surface area (Å²) in [6.45, 7) is 20.7. The maximum Gasteiger partial charge on any atom is 0.170 e. The molecule has 3 saturated heterocycles. The van der Waals surface area contributed by atoms with Gasteiger partial charge in [-0.15, -0.1) is 0 Å². The molecule has 47 heavy (non-hydrogen) atoms. The lowest BCUT2D eigenvalue weighted by Gasteiger charge is -2.60. The van der Waals surface area contributed by atoms with E-state index in [1.807, 2.05) is 21.0 Å². The van der Waals surface area contributed by atoms with Gasteiger partial charge in [-0.1, -0.05) is 34.6 Å². The predicted octanol–water partition coefficient (Wildman–Crippen LogP) is 5.54. The smallest absolute Gasteiger partial charge is 0.170 e. The van der Waals surface area contributed by atoms with Crippen molar-refractivity contribution in [3.8, 4) is 0 Å². The summed E-state index contributed by atoms with van der Waals surface area (Å²) in [4.78, 5) is 2.52. The Morgan fingerprint density at radius 2 is 1.72 bits per heavy atom.